The van der Waals surface area contributed by atoms with Gasteiger partial charge in [0.1, 0.15) is 66.9 Å². The van der Waals surface area contributed by atoms with Crippen LogP contribution in [0.4, 0.5) is 34.6 Å². The first-order valence-corrected chi connectivity index (χ1v) is 47.8. The number of nitrogens with zero attached hydrogens (tertiary/aromatic N) is 18. The topological polar surface area (TPSA) is 346 Å². The van der Waals surface area contributed by atoms with Gasteiger partial charge in [-0.2, -0.15) is 15.8 Å². The molecule has 3 aromatic carbocycles. The van der Waals surface area contributed by atoms with Gasteiger partial charge >= 0.3 is 0 Å². The summed E-state index contributed by atoms with van der Waals surface area (Å²) < 4.78 is 64.3. The van der Waals surface area contributed by atoms with Gasteiger partial charge in [0.2, 0.25) is 17.7 Å². The van der Waals surface area contributed by atoms with Crippen molar-refractivity contribution in [1.82, 2.24) is 58.3 Å². The number of nitriles is 3. The second-order valence-corrected chi connectivity index (χ2v) is 39.4. The summed E-state index contributed by atoms with van der Waals surface area (Å²) in [6.45, 7) is 40.3. The molecule has 6 atom stereocenters. The van der Waals surface area contributed by atoms with Crippen LogP contribution in [0, 0.1) is 78.0 Å². The third-order valence-corrected chi connectivity index (χ3v) is 28.5. The maximum Gasteiger partial charge on any atom is 0.276 e. The molecule has 732 valence electrons. The van der Waals surface area contributed by atoms with E-state index in [0.717, 1.165) is 0 Å². The third kappa shape index (κ3) is 18.7. The summed E-state index contributed by atoms with van der Waals surface area (Å²) in [5.41, 5.74) is 1.09. The Hall–Kier alpha value is -12.0. The van der Waals surface area contributed by atoms with E-state index in [0.29, 0.717) is 61.6 Å². The van der Waals surface area contributed by atoms with Crippen molar-refractivity contribution in [1.29, 1.82) is 15.8 Å². The van der Waals surface area contributed by atoms with Crippen LogP contribution in [-0.4, -0.2) is 167 Å². The summed E-state index contributed by atoms with van der Waals surface area (Å²) in [6, 6.07) is 13.9. The fourth-order valence-electron chi connectivity index (χ4n) is 18.7. The minimum absolute atomic E-state index is 0.0493. The Morgan fingerprint density at radius 3 is 0.851 bits per heavy atom. The molecule has 27 nitrogen and oxygen atoms in total. The Balaban J connectivity index is 0.000000178. The number of pyridine rings is 9. The van der Waals surface area contributed by atoms with Gasteiger partial charge in [-0.3, -0.25) is 57.4 Å². The zero-order chi connectivity index (χ0) is 104. The van der Waals surface area contributed by atoms with Crippen molar-refractivity contribution in [3.05, 3.63) is 253 Å². The van der Waals surface area contributed by atoms with Crippen molar-refractivity contribution in [2.24, 2.45) is 0 Å². The predicted octanol–water partition coefficient (Wildman–Crippen LogP) is 22.9. The Morgan fingerprint density at radius 1 is 0.383 bits per heavy atom. The number of hydrogen-bond acceptors (Lipinski definition) is 21. The predicted molar refractivity (Wildman–Crippen MR) is 547 cm³/mol. The molecule has 141 heavy (non-hydrogen) atoms. The van der Waals surface area contributed by atoms with Crippen molar-refractivity contribution >= 4 is 195 Å². The van der Waals surface area contributed by atoms with Crippen LogP contribution in [0.3, 0.4) is 0 Å². The van der Waals surface area contributed by atoms with Crippen LogP contribution < -0.4 is 31.4 Å². The number of fused-ring (bicyclic) bond motifs is 3. The lowest BCUT2D eigenvalue weighted by molar-refractivity contribution is -0.131. The summed E-state index contributed by atoms with van der Waals surface area (Å²) in [6.07, 6.45) is 8.58. The Bertz CT molecular complexity index is 6870. The van der Waals surface area contributed by atoms with Crippen LogP contribution in [0.5, 0.6) is 17.2 Å². The van der Waals surface area contributed by atoms with E-state index in [9.17, 15) is 64.3 Å². The van der Waals surface area contributed by atoms with Crippen LogP contribution in [0.15, 0.2) is 107 Å². The fraction of sp³-hybridized carbons (Fsp3) is 0.303. The maximum absolute atomic E-state index is 15.5. The van der Waals surface area contributed by atoms with Crippen molar-refractivity contribution in [2.75, 3.05) is 54.0 Å². The molecule has 3 aliphatic rings. The number of aryl methyl sites for hydroxylation is 3. The van der Waals surface area contributed by atoms with Gasteiger partial charge in [0.25, 0.3) is 16.7 Å². The molecular formula is C99H87Cl11F4N18O9. The molecule has 0 aliphatic carbocycles. The van der Waals surface area contributed by atoms with Crippen molar-refractivity contribution in [2.45, 2.75) is 158 Å². The van der Waals surface area contributed by atoms with Crippen LogP contribution >= 0.6 is 128 Å². The highest BCUT2D eigenvalue weighted by Gasteiger charge is 2.42. The largest absolute Gasteiger partial charge is 0.505 e. The fourth-order valence-corrected chi connectivity index (χ4v) is 21.7. The number of aromatic nitrogens is 9. The normalized spacial score (nSPS) is 16.6. The smallest absolute Gasteiger partial charge is 0.276 e. The molecule has 0 spiro atoms. The number of amides is 3. The molecule has 0 radical (unpaired) electrons. The molecule has 12 heterocycles. The molecule has 3 saturated heterocycles. The number of phenolic OH excluding ortho intramolecular Hbond substituents is 3. The number of aromatic hydroxyl groups is 3. The summed E-state index contributed by atoms with van der Waals surface area (Å²) in [4.78, 5) is 120. The van der Waals surface area contributed by atoms with Crippen LogP contribution in [-0.2, 0) is 14.4 Å². The summed E-state index contributed by atoms with van der Waals surface area (Å²) in [5.74, 6) is -9.01. The average Bonchev–Trinajstić information content (AvgIpc) is 0.725. The minimum atomic E-state index is -1.57. The number of halogens is 15. The molecule has 9 aromatic heterocycles. The van der Waals surface area contributed by atoms with E-state index in [1.807, 2.05) is 97.8 Å². The van der Waals surface area contributed by atoms with Crippen molar-refractivity contribution < 1.29 is 47.3 Å². The molecule has 42 heteroatoms. The SMILES string of the molecule is C=CC(=O)N1[C@H](C)CN(c2c(C#N)c(=O)n(-c3c(C)ccnc3C(C)C)c3nc(-c4c(Cl)c(O)c(Cl)c(F)c4Cl)c(Cl)cc23)C[C@@H]1C.C=CC(=O)N1[C@H](C)CN(c2c(C#N)c(=O)n(-c3c(C)ccnc3C(C)C)c3nc(-c4c(Cl)c(O)c(Cl)c(F)c4Cl)c(Cl)cc23)C[C@@H]1C.C=CC(=O)N1[C@H](C)CN(c2c(C#N)c(=O)n(-c3c(C)ccnc3C(C)C)c3nc(-c4c(F)c(F)c(Cl)c(O)c4Cl)c(Cl)cc23)C[C@@H]1C. The van der Waals surface area contributed by atoms with Gasteiger partial charge in [-0.15, -0.1) is 0 Å². The highest BCUT2D eigenvalue weighted by molar-refractivity contribution is 6.46. The van der Waals surface area contributed by atoms with Gasteiger partial charge in [-0.1, -0.05) is 189 Å². The highest BCUT2D eigenvalue weighted by atomic mass is 35.5. The lowest BCUT2D eigenvalue weighted by atomic mass is 10.0. The van der Waals surface area contributed by atoms with Gasteiger partial charge in [-0.25, -0.2) is 32.5 Å². The van der Waals surface area contributed by atoms with Gasteiger partial charge < -0.3 is 44.7 Å². The highest BCUT2D eigenvalue weighted by Crippen LogP contribution is 2.53. The second kappa shape index (κ2) is 41.9. The van der Waals surface area contributed by atoms with Crippen molar-refractivity contribution in [3.8, 4) is 86.3 Å². The van der Waals surface area contributed by atoms with E-state index >= 15 is 13.2 Å². The van der Waals surface area contributed by atoms with Crippen LogP contribution in [0.25, 0.3) is 83.9 Å². The number of carbonyl (C=O) groups excluding carboxylic acids is 3. The summed E-state index contributed by atoms with van der Waals surface area (Å²) in [5, 5.41) is 58.7. The molecule has 3 aliphatic heterocycles. The third-order valence-electron chi connectivity index (χ3n) is 24.8. The minimum Gasteiger partial charge on any atom is -0.505 e. The van der Waals surface area contributed by atoms with Crippen LogP contribution in [0.1, 0.15) is 151 Å². The lowest BCUT2D eigenvalue weighted by Crippen LogP contribution is -2.58. The van der Waals surface area contributed by atoms with E-state index in [1.54, 1.807) is 72.3 Å². The molecular weight excluding hydrogens is 2050 g/mol. The zero-order valence-corrected chi connectivity index (χ0v) is 86.3. The molecule has 3 N–H and O–H groups in total. The number of phenols is 3. The number of carbonyl (C=O) groups is 3. The quantitative estimate of drug-likeness (QED) is 0.0371. The number of anilines is 3. The Morgan fingerprint density at radius 2 is 0.617 bits per heavy atom. The first-order valence-electron chi connectivity index (χ1n) is 43.7. The van der Waals surface area contributed by atoms with Gasteiger partial charge in [0.05, 0.1) is 114 Å². The average molecular weight is 2140 g/mol. The van der Waals surface area contributed by atoms with Crippen molar-refractivity contribution in [3.63, 3.8) is 0 Å². The molecule has 0 unspecified atom stereocenters. The first-order chi connectivity index (χ1) is 66.5. The Labute approximate surface area is 861 Å². The standard InChI is InChI=1S/2C33H29Cl4FN6O3.C33H29Cl3F2N6O3/c2*1-7-21(45)43-16(5)12-42(13-17(43)6)30-18-10-20(34)28(22-23(35)26(38)25(37)31(46)24(22)36)41-32(18)44(33(47)19(30)11-39)29-15(4)8-9-40-27(29)14(2)3;1-7-21(45)43-16(5)12-42(13-17(43)6)30-18-10-20(34)28(22-23(35)31(46)24(36)26(38)25(22)37)41-32(18)44(33(47)19(30)11-39)29-15(4)8-9-40-27(29)14(2)3/h3*7-10,14,16-17,46H,1,12-13H2,2-6H3/t3*16-,17+. The molecule has 0 saturated carbocycles. The number of benzene rings is 3. The van der Waals surface area contributed by atoms with Gasteiger partial charge in [0, 0.05) is 121 Å². The first kappa shape index (κ1) is 106. The van der Waals surface area contributed by atoms with E-state index in [1.165, 1.54) is 50.1 Å². The van der Waals surface area contributed by atoms with E-state index in [2.05, 4.69) is 57.9 Å². The van der Waals surface area contributed by atoms with Crippen LogP contribution in [0.2, 0.25) is 55.2 Å². The molecule has 15 rings (SSSR count). The molecule has 3 amide bonds. The zero-order valence-electron chi connectivity index (χ0n) is 78.0. The van der Waals surface area contributed by atoms with E-state index in [4.69, 9.17) is 138 Å². The number of hydrogen-bond donors (Lipinski definition) is 3. The number of rotatable bonds is 15. The van der Waals surface area contributed by atoms with E-state index in [-0.39, 0.29) is 210 Å². The summed E-state index contributed by atoms with van der Waals surface area (Å²) in [7, 11) is 0. The molecule has 3 fully saturated rings. The van der Waals surface area contributed by atoms with E-state index < -0.39 is 103 Å². The Kier molecular flexibility index (Phi) is 31.6. The lowest BCUT2D eigenvalue weighted by Gasteiger charge is -2.45. The monoisotopic (exact) mass is 2130 g/mol. The van der Waals surface area contributed by atoms with Gasteiger partial charge in [-0.05, 0) is 151 Å². The maximum atomic E-state index is 15.5. The molecule has 0 bridgehead atoms. The summed E-state index contributed by atoms with van der Waals surface area (Å²) >= 11 is 69.9. The number of piperazine rings is 3. The second-order valence-electron chi connectivity index (χ2n) is 35.1. The molecule has 12 aromatic rings. The van der Waals surface area contributed by atoms with Gasteiger partial charge in [0.15, 0.2) is 40.5 Å².